The highest BCUT2D eigenvalue weighted by Crippen LogP contribution is 2.67. The topological polar surface area (TPSA) is 42.9 Å². The SMILES string of the molecule is Cc1nnc(S[C@@H]2C(=O)[C@H]3CC[C@@]2(C)C3(C)C)c2ccccc12. The Morgan fingerprint density at radius 2 is 1.83 bits per heavy atom. The minimum absolute atomic E-state index is 0.00309. The third-order valence-corrected chi connectivity index (χ3v) is 8.06. The lowest BCUT2D eigenvalue weighted by atomic mass is 9.71. The summed E-state index contributed by atoms with van der Waals surface area (Å²) in [6.07, 6.45) is 2.17. The summed E-state index contributed by atoms with van der Waals surface area (Å²) in [6.45, 7) is 8.81. The number of nitrogens with zero attached hydrogens (tertiary/aromatic N) is 2. The Morgan fingerprint density at radius 1 is 1.13 bits per heavy atom. The van der Waals surface area contributed by atoms with Gasteiger partial charge in [0.05, 0.1) is 10.9 Å². The number of rotatable bonds is 2. The first-order chi connectivity index (χ1) is 10.9. The molecular formula is C19H22N2OS. The minimum atomic E-state index is -0.00309. The third-order valence-electron chi connectivity index (χ3n) is 6.54. The second-order valence-corrected chi connectivity index (χ2v) is 8.86. The summed E-state index contributed by atoms with van der Waals surface area (Å²) in [5, 5.41) is 11.9. The Labute approximate surface area is 141 Å². The van der Waals surface area contributed by atoms with Crippen LogP contribution < -0.4 is 0 Å². The van der Waals surface area contributed by atoms with Crippen molar-refractivity contribution in [2.75, 3.05) is 0 Å². The average molecular weight is 326 g/mol. The minimum Gasteiger partial charge on any atom is -0.298 e. The fourth-order valence-corrected chi connectivity index (χ4v) is 6.17. The molecule has 2 fully saturated rings. The Hall–Kier alpha value is -1.42. The second kappa shape index (κ2) is 4.79. The summed E-state index contributed by atoms with van der Waals surface area (Å²) in [6, 6.07) is 8.22. The second-order valence-electron chi connectivity index (χ2n) is 7.77. The van der Waals surface area contributed by atoms with Crippen LogP contribution in [0, 0.1) is 23.7 Å². The number of carbonyl (C=O) groups excluding carboxylic acids is 1. The maximum Gasteiger partial charge on any atom is 0.150 e. The van der Waals surface area contributed by atoms with Gasteiger partial charge in [-0.25, -0.2) is 0 Å². The molecule has 2 aromatic rings. The Kier molecular flexibility index (Phi) is 3.15. The number of Topliss-reactive ketones (excluding diaryl/α,β-unsaturated/α-hetero) is 1. The number of ketones is 1. The van der Waals surface area contributed by atoms with Crippen LogP contribution in [0.15, 0.2) is 29.3 Å². The van der Waals surface area contributed by atoms with E-state index in [0.717, 1.165) is 34.3 Å². The molecule has 0 amide bonds. The number of hydrogen-bond donors (Lipinski definition) is 0. The molecule has 23 heavy (non-hydrogen) atoms. The Morgan fingerprint density at radius 3 is 2.48 bits per heavy atom. The normalized spacial score (nSPS) is 31.9. The van der Waals surface area contributed by atoms with E-state index < -0.39 is 0 Å². The zero-order valence-electron chi connectivity index (χ0n) is 14.1. The van der Waals surface area contributed by atoms with E-state index in [1.165, 1.54) is 0 Å². The van der Waals surface area contributed by atoms with Gasteiger partial charge in [0.15, 0.2) is 0 Å². The monoisotopic (exact) mass is 326 g/mol. The molecule has 0 aliphatic heterocycles. The van der Waals surface area contributed by atoms with Crippen LogP contribution in [0.3, 0.4) is 0 Å². The lowest BCUT2D eigenvalue weighted by molar-refractivity contribution is -0.122. The Bertz CT molecular complexity index is 816. The molecule has 2 bridgehead atoms. The van der Waals surface area contributed by atoms with Gasteiger partial charge in [0.2, 0.25) is 0 Å². The molecule has 1 aromatic heterocycles. The molecule has 0 unspecified atom stereocenters. The zero-order valence-corrected chi connectivity index (χ0v) is 14.9. The summed E-state index contributed by atoms with van der Waals surface area (Å²) in [7, 11) is 0. The van der Waals surface area contributed by atoms with Crippen LogP contribution in [0.4, 0.5) is 0 Å². The highest BCUT2D eigenvalue weighted by atomic mass is 32.2. The van der Waals surface area contributed by atoms with Gasteiger partial charge >= 0.3 is 0 Å². The van der Waals surface area contributed by atoms with Crippen molar-refractivity contribution in [2.45, 2.75) is 50.8 Å². The quantitative estimate of drug-likeness (QED) is 0.819. The predicted molar refractivity (Wildman–Crippen MR) is 93.5 cm³/mol. The van der Waals surface area contributed by atoms with Crippen molar-refractivity contribution in [2.24, 2.45) is 16.7 Å². The van der Waals surface area contributed by atoms with Crippen LogP contribution in [-0.4, -0.2) is 21.2 Å². The van der Waals surface area contributed by atoms with E-state index in [2.05, 4.69) is 43.1 Å². The molecule has 0 radical (unpaired) electrons. The predicted octanol–water partition coefficient (Wildman–Crippen LogP) is 4.42. The number of aryl methyl sites for hydroxylation is 1. The number of hydrogen-bond acceptors (Lipinski definition) is 4. The van der Waals surface area contributed by atoms with E-state index in [1.54, 1.807) is 11.8 Å². The van der Waals surface area contributed by atoms with Gasteiger partial charge in [0.1, 0.15) is 10.8 Å². The van der Waals surface area contributed by atoms with Crippen molar-refractivity contribution in [3.05, 3.63) is 30.0 Å². The van der Waals surface area contributed by atoms with E-state index in [0.29, 0.717) is 5.78 Å². The number of benzene rings is 1. The summed E-state index contributed by atoms with van der Waals surface area (Å²) >= 11 is 1.64. The van der Waals surface area contributed by atoms with Crippen LogP contribution in [-0.2, 0) is 4.79 Å². The molecule has 4 rings (SSSR count). The van der Waals surface area contributed by atoms with E-state index in [4.69, 9.17) is 0 Å². The molecule has 1 aromatic carbocycles. The third kappa shape index (κ3) is 1.87. The van der Waals surface area contributed by atoms with Crippen LogP contribution in [0.25, 0.3) is 10.8 Å². The first kappa shape index (κ1) is 15.1. The molecule has 3 atom stereocenters. The van der Waals surface area contributed by atoms with Gasteiger partial charge in [-0.1, -0.05) is 56.8 Å². The molecule has 1 heterocycles. The molecule has 3 nitrogen and oxygen atoms in total. The highest BCUT2D eigenvalue weighted by Gasteiger charge is 2.66. The largest absolute Gasteiger partial charge is 0.298 e. The van der Waals surface area contributed by atoms with E-state index >= 15 is 0 Å². The Balaban J connectivity index is 1.78. The molecule has 2 aliphatic rings. The number of fused-ring (bicyclic) bond motifs is 3. The first-order valence-corrected chi connectivity index (χ1v) is 9.16. The molecule has 0 saturated heterocycles. The van der Waals surface area contributed by atoms with Crippen molar-refractivity contribution in [1.29, 1.82) is 0 Å². The summed E-state index contributed by atoms with van der Waals surface area (Å²) < 4.78 is 0. The van der Waals surface area contributed by atoms with Crippen molar-refractivity contribution in [3.8, 4) is 0 Å². The summed E-state index contributed by atoms with van der Waals surface area (Å²) in [5.41, 5.74) is 1.07. The smallest absolute Gasteiger partial charge is 0.150 e. The number of thioether (sulfide) groups is 1. The van der Waals surface area contributed by atoms with E-state index in [1.807, 2.05) is 19.1 Å². The maximum absolute atomic E-state index is 12.9. The molecule has 2 aliphatic carbocycles. The fourth-order valence-electron chi connectivity index (χ4n) is 4.59. The molecule has 2 saturated carbocycles. The van der Waals surface area contributed by atoms with Crippen LogP contribution in [0.5, 0.6) is 0 Å². The van der Waals surface area contributed by atoms with Crippen molar-refractivity contribution in [1.82, 2.24) is 10.2 Å². The first-order valence-electron chi connectivity index (χ1n) is 8.29. The average Bonchev–Trinajstić information content (AvgIpc) is 2.83. The van der Waals surface area contributed by atoms with Crippen molar-refractivity contribution in [3.63, 3.8) is 0 Å². The van der Waals surface area contributed by atoms with Crippen LogP contribution in [0.1, 0.15) is 39.3 Å². The highest BCUT2D eigenvalue weighted by molar-refractivity contribution is 8.00. The van der Waals surface area contributed by atoms with Gasteiger partial charge in [-0.3, -0.25) is 4.79 Å². The molecular weight excluding hydrogens is 304 g/mol. The van der Waals surface area contributed by atoms with Crippen LogP contribution >= 0.6 is 11.8 Å². The van der Waals surface area contributed by atoms with Gasteiger partial charge < -0.3 is 0 Å². The molecule has 0 N–H and O–H groups in total. The maximum atomic E-state index is 12.9. The fraction of sp³-hybridized carbons (Fsp3) is 0.526. The van der Waals surface area contributed by atoms with Crippen molar-refractivity contribution < 1.29 is 4.79 Å². The number of aromatic nitrogens is 2. The lowest BCUT2D eigenvalue weighted by Gasteiger charge is -2.37. The van der Waals surface area contributed by atoms with E-state index in [-0.39, 0.29) is 22.0 Å². The van der Waals surface area contributed by atoms with Gasteiger partial charge in [-0.15, -0.1) is 5.10 Å². The van der Waals surface area contributed by atoms with Crippen LogP contribution in [0.2, 0.25) is 0 Å². The van der Waals surface area contributed by atoms with Gasteiger partial charge in [-0.2, -0.15) is 5.10 Å². The zero-order chi connectivity index (χ0) is 16.4. The summed E-state index contributed by atoms with van der Waals surface area (Å²) in [5.74, 6) is 0.620. The summed E-state index contributed by atoms with van der Waals surface area (Å²) in [4.78, 5) is 12.9. The molecule has 120 valence electrons. The van der Waals surface area contributed by atoms with Crippen molar-refractivity contribution >= 4 is 28.3 Å². The van der Waals surface area contributed by atoms with E-state index in [9.17, 15) is 4.79 Å². The molecule has 4 heteroatoms. The van der Waals surface area contributed by atoms with Gasteiger partial charge in [-0.05, 0) is 30.6 Å². The van der Waals surface area contributed by atoms with Gasteiger partial charge in [0.25, 0.3) is 0 Å². The van der Waals surface area contributed by atoms with Gasteiger partial charge in [0, 0.05) is 16.7 Å². The number of carbonyl (C=O) groups is 1. The standard InChI is InChI=1S/C19H22N2OS/c1-11-12-7-5-6-8-13(12)17(21-20-11)23-16-15(22)14-9-10-19(16,4)18(14,2)3/h5-8,14,16H,9-10H2,1-4H3/t14-,16-,19-/m1/s1. The molecule has 0 spiro atoms. The lowest BCUT2D eigenvalue weighted by Crippen LogP contribution is -2.35.